The van der Waals surface area contributed by atoms with Crippen molar-refractivity contribution in [3.05, 3.63) is 58.4 Å². The largest absolute Gasteiger partial charge is 0.493 e. The Bertz CT molecular complexity index is 915. The Morgan fingerprint density at radius 1 is 1.29 bits per heavy atom. The topological polar surface area (TPSA) is 90.6 Å². The third kappa shape index (κ3) is 5.47. The number of methoxy groups -OCH3 is 1. The fourth-order valence-electron chi connectivity index (χ4n) is 2.33. The van der Waals surface area contributed by atoms with E-state index in [1.807, 2.05) is 6.92 Å². The van der Waals surface area contributed by atoms with E-state index < -0.39 is 17.6 Å². The molecule has 6 nitrogen and oxygen atoms in total. The summed E-state index contributed by atoms with van der Waals surface area (Å²) in [4.78, 5) is 23.3. The number of hydrogen-bond acceptors (Lipinski definition) is 4. The molecule has 0 heterocycles. The highest BCUT2D eigenvalue weighted by Gasteiger charge is 2.12. The fourth-order valence-corrected chi connectivity index (χ4v) is 2.60. The summed E-state index contributed by atoms with van der Waals surface area (Å²) in [6, 6.07) is 6.88. The number of rotatable bonds is 8. The molecule has 0 aliphatic carbocycles. The van der Waals surface area contributed by atoms with Gasteiger partial charge in [0.1, 0.15) is 5.82 Å². The predicted molar refractivity (Wildman–Crippen MR) is 106 cm³/mol. The van der Waals surface area contributed by atoms with E-state index in [2.05, 4.69) is 5.32 Å². The smallest absolute Gasteiger partial charge is 0.251 e. The molecule has 0 saturated carbocycles. The van der Waals surface area contributed by atoms with Crippen molar-refractivity contribution >= 4 is 35.2 Å². The number of carbonyl (C=O) groups excluding carboxylic acids is 2. The van der Waals surface area contributed by atoms with E-state index in [1.165, 1.54) is 31.4 Å². The van der Waals surface area contributed by atoms with Gasteiger partial charge in [-0.25, -0.2) is 4.39 Å². The van der Waals surface area contributed by atoms with Gasteiger partial charge in [0.05, 0.1) is 24.3 Å². The lowest BCUT2D eigenvalue weighted by Gasteiger charge is -2.12. The Hall–Kier alpha value is -3.06. The molecule has 2 aromatic rings. The predicted octanol–water partition coefficient (Wildman–Crippen LogP) is 4.03. The quantitative estimate of drug-likeness (QED) is 0.647. The highest BCUT2D eigenvalue weighted by atomic mass is 35.5. The monoisotopic (exact) mass is 406 g/mol. The lowest BCUT2D eigenvalue weighted by Crippen LogP contribution is -2.14. The normalized spacial score (nSPS) is 10.7. The molecule has 0 unspecified atom stereocenters. The molecule has 2 rings (SSSR count). The maximum atomic E-state index is 13.5. The molecule has 0 bridgehead atoms. The molecule has 28 heavy (non-hydrogen) atoms. The molecule has 0 spiro atoms. The third-order valence-electron chi connectivity index (χ3n) is 3.63. The maximum Gasteiger partial charge on any atom is 0.251 e. The molecule has 0 saturated heterocycles. The van der Waals surface area contributed by atoms with Crippen molar-refractivity contribution in [3.8, 4) is 11.5 Å². The van der Waals surface area contributed by atoms with Gasteiger partial charge in [-0.15, -0.1) is 0 Å². The van der Waals surface area contributed by atoms with Gasteiger partial charge in [-0.1, -0.05) is 18.5 Å². The Balaban J connectivity index is 2.15. The van der Waals surface area contributed by atoms with Gasteiger partial charge in [0, 0.05) is 11.8 Å². The van der Waals surface area contributed by atoms with E-state index in [1.54, 1.807) is 12.1 Å². The van der Waals surface area contributed by atoms with Crippen LogP contribution < -0.4 is 20.5 Å². The molecule has 0 atom stereocenters. The molecular weight excluding hydrogens is 387 g/mol. The van der Waals surface area contributed by atoms with E-state index in [0.29, 0.717) is 28.7 Å². The number of ether oxygens (including phenoxy) is 2. The van der Waals surface area contributed by atoms with Crippen LogP contribution in [0.25, 0.3) is 6.08 Å². The summed E-state index contributed by atoms with van der Waals surface area (Å²) in [5.41, 5.74) is 5.65. The van der Waals surface area contributed by atoms with Crippen LogP contribution in [-0.2, 0) is 4.79 Å². The van der Waals surface area contributed by atoms with Crippen LogP contribution in [0.4, 0.5) is 10.1 Å². The highest BCUT2D eigenvalue weighted by molar-refractivity contribution is 6.32. The standard InChI is InChI=1S/C20H20ClFN2O4/c1-3-8-28-19-15(21)9-12(10-17(19)27-2)4-7-18(25)24-13-5-6-16(22)14(11-13)20(23)26/h4-7,9-11H,3,8H2,1-2H3,(H2,23,26)(H,24,25)/b7-4+. The number of nitrogens with two attached hydrogens (primary N) is 1. The van der Waals surface area contributed by atoms with E-state index in [9.17, 15) is 14.0 Å². The van der Waals surface area contributed by atoms with Crippen molar-refractivity contribution in [2.45, 2.75) is 13.3 Å². The van der Waals surface area contributed by atoms with Crippen molar-refractivity contribution in [2.75, 3.05) is 19.0 Å². The van der Waals surface area contributed by atoms with Gasteiger partial charge in [-0.2, -0.15) is 0 Å². The van der Waals surface area contributed by atoms with Crippen molar-refractivity contribution in [1.29, 1.82) is 0 Å². The lowest BCUT2D eigenvalue weighted by molar-refractivity contribution is -0.111. The number of benzene rings is 2. The first-order valence-electron chi connectivity index (χ1n) is 8.44. The SMILES string of the molecule is CCCOc1c(Cl)cc(/C=C/C(=O)Nc2ccc(F)c(C(N)=O)c2)cc1OC. The van der Waals surface area contributed by atoms with Gasteiger partial charge in [-0.05, 0) is 48.4 Å². The molecule has 8 heteroatoms. The van der Waals surface area contributed by atoms with Gasteiger partial charge < -0.3 is 20.5 Å². The van der Waals surface area contributed by atoms with Crippen LogP contribution >= 0.6 is 11.6 Å². The summed E-state index contributed by atoms with van der Waals surface area (Å²) in [7, 11) is 1.50. The number of halogens is 2. The van der Waals surface area contributed by atoms with Gasteiger partial charge in [-0.3, -0.25) is 9.59 Å². The molecule has 0 aromatic heterocycles. The number of carbonyl (C=O) groups is 2. The van der Waals surface area contributed by atoms with Crippen LogP contribution in [0.2, 0.25) is 5.02 Å². The van der Waals surface area contributed by atoms with Crippen LogP contribution in [0, 0.1) is 5.82 Å². The first kappa shape index (κ1) is 21.2. The van der Waals surface area contributed by atoms with E-state index >= 15 is 0 Å². The van der Waals surface area contributed by atoms with Crippen LogP contribution in [-0.4, -0.2) is 25.5 Å². The second kappa shape index (κ2) is 9.75. The van der Waals surface area contributed by atoms with Crippen molar-refractivity contribution in [1.82, 2.24) is 0 Å². The lowest BCUT2D eigenvalue weighted by atomic mass is 10.1. The van der Waals surface area contributed by atoms with Crippen molar-refractivity contribution < 1.29 is 23.5 Å². The minimum absolute atomic E-state index is 0.240. The number of amides is 2. The summed E-state index contributed by atoms with van der Waals surface area (Å²) < 4.78 is 24.4. The van der Waals surface area contributed by atoms with Gasteiger partial charge >= 0.3 is 0 Å². The van der Waals surface area contributed by atoms with Crippen LogP contribution in [0.1, 0.15) is 29.3 Å². The number of nitrogens with one attached hydrogen (secondary N) is 1. The van der Waals surface area contributed by atoms with E-state index in [4.69, 9.17) is 26.8 Å². The molecule has 0 aliphatic rings. The molecule has 3 N–H and O–H groups in total. The molecular formula is C20H20ClFN2O4. The Labute approximate surface area is 167 Å². The van der Waals surface area contributed by atoms with Gasteiger partial charge in [0.25, 0.3) is 5.91 Å². The zero-order chi connectivity index (χ0) is 20.7. The van der Waals surface area contributed by atoms with Crippen LogP contribution in [0.15, 0.2) is 36.4 Å². The maximum absolute atomic E-state index is 13.5. The minimum atomic E-state index is -0.920. The average molecular weight is 407 g/mol. The summed E-state index contributed by atoms with van der Waals surface area (Å²) >= 11 is 6.24. The number of primary amides is 1. The van der Waals surface area contributed by atoms with E-state index in [-0.39, 0.29) is 11.3 Å². The first-order chi connectivity index (χ1) is 13.3. The van der Waals surface area contributed by atoms with Gasteiger partial charge in [0.2, 0.25) is 5.91 Å². The number of anilines is 1. The average Bonchev–Trinajstić information content (AvgIpc) is 2.66. The molecule has 148 valence electrons. The van der Waals surface area contributed by atoms with Crippen LogP contribution in [0.3, 0.4) is 0 Å². The zero-order valence-corrected chi connectivity index (χ0v) is 16.2. The van der Waals surface area contributed by atoms with Gasteiger partial charge in [0.15, 0.2) is 11.5 Å². The summed E-state index contributed by atoms with van der Waals surface area (Å²) in [5.74, 6) is -1.27. The Kier molecular flexibility index (Phi) is 7.40. The molecule has 0 radical (unpaired) electrons. The zero-order valence-electron chi connectivity index (χ0n) is 15.4. The first-order valence-corrected chi connectivity index (χ1v) is 8.82. The fraction of sp³-hybridized carbons (Fsp3) is 0.200. The molecule has 0 fully saturated rings. The van der Waals surface area contributed by atoms with Crippen molar-refractivity contribution in [2.24, 2.45) is 5.73 Å². The molecule has 2 aromatic carbocycles. The third-order valence-corrected chi connectivity index (χ3v) is 3.91. The Morgan fingerprint density at radius 2 is 2.04 bits per heavy atom. The number of hydrogen-bond donors (Lipinski definition) is 2. The van der Waals surface area contributed by atoms with Crippen LogP contribution in [0.5, 0.6) is 11.5 Å². The minimum Gasteiger partial charge on any atom is -0.493 e. The second-order valence-electron chi connectivity index (χ2n) is 5.76. The highest BCUT2D eigenvalue weighted by Crippen LogP contribution is 2.36. The summed E-state index contributed by atoms with van der Waals surface area (Å²) in [5, 5.41) is 2.89. The van der Waals surface area contributed by atoms with E-state index in [0.717, 1.165) is 12.5 Å². The summed E-state index contributed by atoms with van der Waals surface area (Å²) in [6.07, 6.45) is 3.62. The molecule has 2 amide bonds. The second-order valence-corrected chi connectivity index (χ2v) is 6.17. The molecule has 0 aliphatic heterocycles. The Morgan fingerprint density at radius 3 is 2.68 bits per heavy atom. The summed E-state index contributed by atoms with van der Waals surface area (Å²) in [6.45, 7) is 2.47. The van der Waals surface area contributed by atoms with Crippen molar-refractivity contribution in [3.63, 3.8) is 0 Å².